The molecule has 1 aliphatic heterocycles. The maximum absolute atomic E-state index is 13.6. The number of alkyl halides is 2. The van der Waals surface area contributed by atoms with Crippen LogP contribution in [0.15, 0.2) is 18.2 Å². The fourth-order valence-corrected chi connectivity index (χ4v) is 2.03. The molecule has 2 rings (SSSR count). The number of nitrogens with zero attached hydrogens (tertiary/aromatic N) is 1. The zero-order valence-corrected chi connectivity index (χ0v) is 10.3. The van der Waals surface area contributed by atoms with Crippen molar-refractivity contribution in [2.75, 3.05) is 26.3 Å². The van der Waals surface area contributed by atoms with Gasteiger partial charge in [0.2, 0.25) is 0 Å². The quantitative estimate of drug-likeness (QED) is 0.827. The fourth-order valence-electron chi connectivity index (χ4n) is 2.03. The summed E-state index contributed by atoms with van der Waals surface area (Å²) in [6, 6.07) is 3.93. The zero-order chi connectivity index (χ0) is 13.2. The lowest BCUT2D eigenvalue weighted by atomic mass is 10.1. The van der Waals surface area contributed by atoms with Crippen LogP contribution in [0.4, 0.5) is 13.2 Å². The minimum absolute atomic E-state index is 0.548. The number of hydrogen-bond acceptors (Lipinski definition) is 2. The van der Waals surface area contributed by atoms with E-state index < -0.39 is 17.3 Å². The molecule has 0 unspecified atom stereocenters. The first-order valence-corrected chi connectivity index (χ1v) is 5.93. The van der Waals surface area contributed by atoms with Gasteiger partial charge in [-0.3, -0.25) is 4.90 Å². The molecule has 1 fully saturated rings. The van der Waals surface area contributed by atoms with Crippen molar-refractivity contribution in [1.82, 2.24) is 4.90 Å². The van der Waals surface area contributed by atoms with E-state index in [2.05, 4.69) is 4.90 Å². The smallest absolute Gasteiger partial charge is 0.273 e. The highest BCUT2D eigenvalue weighted by Gasteiger charge is 2.28. The Bertz CT molecular complexity index is 411. The molecule has 0 aliphatic carbocycles. The van der Waals surface area contributed by atoms with Gasteiger partial charge in [-0.05, 0) is 17.7 Å². The van der Waals surface area contributed by atoms with Crippen molar-refractivity contribution in [2.24, 2.45) is 0 Å². The van der Waals surface area contributed by atoms with Gasteiger partial charge in [-0.2, -0.15) is 0 Å². The van der Waals surface area contributed by atoms with E-state index in [1.165, 1.54) is 12.1 Å². The van der Waals surface area contributed by atoms with Crippen LogP contribution in [0.3, 0.4) is 0 Å². The van der Waals surface area contributed by atoms with Crippen LogP contribution in [0.1, 0.15) is 18.1 Å². The Morgan fingerprint density at radius 2 is 1.94 bits per heavy atom. The molecule has 100 valence electrons. The second-order valence-corrected chi connectivity index (χ2v) is 4.59. The van der Waals surface area contributed by atoms with E-state index in [1.54, 1.807) is 6.07 Å². The van der Waals surface area contributed by atoms with Crippen molar-refractivity contribution in [2.45, 2.75) is 19.4 Å². The molecule has 2 nitrogen and oxygen atoms in total. The molecule has 1 aromatic carbocycles. The summed E-state index contributed by atoms with van der Waals surface area (Å²) in [5.41, 5.74) is 0.163. The largest absolute Gasteiger partial charge is 0.379 e. The second kappa shape index (κ2) is 5.28. The van der Waals surface area contributed by atoms with Crippen molar-refractivity contribution in [3.63, 3.8) is 0 Å². The van der Waals surface area contributed by atoms with Gasteiger partial charge in [-0.25, -0.2) is 13.2 Å². The third kappa shape index (κ3) is 3.23. The van der Waals surface area contributed by atoms with E-state index in [-0.39, 0.29) is 0 Å². The first-order valence-electron chi connectivity index (χ1n) is 5.93. The predicted molar refractivity (Wildman–Crippen MR) is 62.1 cm³/mol. The van der Waals surface area contributed by atoms with Gasteiger partial charge >= 0.3 is 0 Å². The molecule has 0 spiro atoms. The number of rotatable bonds is 3. The van der Waals surface area contributed by atoms with Gasteiger partial charge in [0.05, 0.1) is 18.8 Å². The van der Waals surface area contributed by atoms with Gasteiger partial charge in [0.15, 0.2) is 0 Å². The first-order chi connectivity index (χ1) is 8.47. The van der Waals surface area contributed by atoms with E-state index in [4.69, 9.17) is 4.74 Å². The van der Waals surface area contributed by atoms with E-state index in [0.29, 0.717) is 32.2 Å². The van der Waals surface area contributed by atoms with E-state index >= 15 is 0 Å². The molecule has 0 bridgehead atoms. The van der Waals surface area contributed by atoms with Crippen molar-refractivity contribution >= 4 is 0 Å². The molecule has 0 radical (unpaired) electrons. The maximum Gasteiger partial charge on any atom is 0.273 e. The van der Waals surface area contributed by atoms with Gasteiger partial charge < -0.3 is 4.74 Å². The van der Waals surface area contributed by atoms with Gasteiger partial charge in [0, 0.05) is 26.6 Å². The average molecular weight is 259 g/mol. The Labute approximate surface area is 104 Å². The summed E-state index contributed by atoms with van der Waals surface area (Å²) in [4.78, 5) is 2.11. The Hall–Kier alpha value is -1.07. The molecule has 0 N–H and O–H groups in total. The normalized spacial score (nSPS) is 18.0. The Kier molecular flexibility index (Phi) is 3.92. The highest BCUT2D eigenvalue weighted by atomic mass is 19.3. The third-order valence-electron chi connectivity index (χ3n) is 3.02. The van der Waals surface area contributed by atoms with Crippen LogP contribution >= 0.6 is 0 Å². The fraction of sp³-hybridized carbons (Fsp3) is 0.538. The topological polar surface area (TPSA) is 12.5 Å². The lowest BCUT2D eigenvalue weighted by Crippen LogP contribution is -2.35. The van der Waals surface area contributed by atoms with Crippen molar-refractivity contribution in [1.29, 1.82) is 0 Å². The lowest BCUT2D eigenvalue weighted by Gasteiger charge is -2.26. The molecule has 18 heavy (non-hydrogen) atoms. The van der Waals surface area contributed by atoms with Gasteiger partial charge in [0.1, 0.15) is 5.82 Å². The monoisotopic (exact) mass is 259 g/mol. The van der Waals surface area contributed by atoms with Crippen molar-refractivity contribution < 1.29 is 17.9 Å². The summed E-state index contributed by atoms with van der Waals surface area (Å²) >= 11 is 0. The summed E-state index contributed by atoms with van der Waals surface area (Å²) in [6.45, 7) is 4.16. The highest BCUT2D eigenvalue weighted by Crippen LogP contribution is 2.29. The van der Waals surface area contributed by atoms with Crippen LogP contribution in [-0.2, 0) is 17.2 Å². The molecule has 0 atom stereocenters. The van der Waals surface area contributed by atoms with Crippen LogP contribution in [0.2, 0.25) is 0 Å². The molecule has 1 saturated heterocycles. The maximum atomic E-state index is 13.6. The Morgan fingerprint density at radius 3 is 2.50 bits per heavy atom. The van der Waals surface area contributed by atoms with Gasteiger partial charge in [-0.1, -0.05) is 6.07 Å². The zero-order valence-electron chi connectivity index (χ0n) is 10.3. The summed E-state index contributed by atoms with van der Waals surface area (Å²) in [6.07, 6.45) is 0. The molecular formula is C13H16F3NO. The van der Waals surface area contributed by atoms with Crippen LogP contribution in [0, 0.1) is 5.82 Å². The van der Waals surface area contributed by atoms with Crippen LogP contribution in [0.25, 0.3) is 0 Å². The number of morpholine rings is 1. The van der Waals surface area contributed by atoms with E-state index in [1.807, 2.05) is 0 Å². The molecule has 1 aliphatic rings. The summed E-state index contributed by atoms with van der Waals surface area (Å²) < 4.78 is 44.9. The molecule has 0 amide bonds. The minimum Gasteiger partial charge on any atom is -0.379 e. The van der Waals surface area contributed by atoms with Crippen molar-refractivity contribution in [3.05, 3.63) is 35.1 Å². The average Bonchev–Trinajstić information content (AvgIpc) is 2.28. The van der Waals surface area contributed by atoms with Crippen LogP contribution < -0.4 is 0 Å². The second-order valence-electron chi connectivity index (χ2n) is 4.59. The number of ether oxygens (including phenoxy) is 1. The van der Waals surface area contributed by atoms with Crippen molar-refractivity contribution in [3.8, 4) is 0 Å². The lowest BCUT2D eigenvalue weighted by molar-refractivity contribution is 0.0136. The molecule has 5 heteroatoms. The molecule has 0 aromatic heterocycles. The number of benzene rings is 1. The van der Waals surface area contributed by atoms with Crippen LogP contribution in [0.5, 0.6) is 0 Å². The third-order valence-corrected chi connectivity index (χ3v) is 3.02. The Balaban J connectivity index is 2.08. The summed E-state index contributed by atoms with van der Waals surface area (Å²) in [5.74, 6) is -3.98. The summed E-state index contributed by atoms with van der Waals surface area (Å²) in [5, 5.41) is 0. The van der Waals surface area contributed by atoms with Crippen LogP contribution in [-0.4, -0.2) is 31.2 Å². The van der Waals surface area contributed by atoms with E-state index in [9.17, 15) is 13.2 Å². The highest BCUT2D eigenvalue weighted by molar-refractivity contribution is 5.27. The molecule has 1 heterocycles. The van der Waals surface area contributed by atoms with E-state index in [0.717, 1.165) is 13.1 Å². The molecule has 0 saturated carbocycles. The van der Waals surface area contributed by atoms with Gasteiger partial charge in [0.25, 0.3) is 5.92 Å². The first kappa shape index (κ1) is 13.4. The molecule has 1 aromatic rings. The minimum atomic E-state index is -3.14. The summed E-state index contributed by atoms with van der Waals surface area (Å²) in [7, 11) is 0. The number of halogens is 3. The molecular weight excluding hydrogens is 243 g/mol. The Morgan fingerprint density at radius 1 is 1.28 bits per heavy atom. The number of hydrogen-bond donors (Lipinski definition) is 0. The standard InChI is InChI=1S/C13H16F3NO/c1-13(15,16)11-3-2-10(8-12(11)14)9-17-4-6-18-7-5-17/h2-3,8H,4-7,9H2,1H3. The predicted octanol–water partition coefficient (Wildman–Crippen LogP) is 2.77. The SMILES string of the molecule is CC(F)(F)c1ccc(CN2CCOCC2)cc1F. The van der Waals surface area contributed by atoms with Gasteiger partial charge in [-0.15, -0.1) is 0 Å².